The van der Waals surface area contributed by atoms with Gasteiger partial charge in [0.25, 0.3) is 5.91 Å². The second-order valence-corrected chi connectivity index (χ2v) is 6.07. The lowest BCUT2D eigenvalue weighted by molar-refractivity contribution is -0.118. The zero-order valence-electron chi connectivity index (χ0n) is 12.8. The number of carbonyl (C=O) groups excluding carboxylic acids is 1. The molecule has 0 aromatic heterocycles. The molecule has 6 heteroatoms. The second-order valence-electron chi connectivity index (χ2n) is 5.28. The molecule has 0 aliphatic carbocycles. The monoisotopic (exact) mass is 377 g/mol. The second kappa shape index (κ2) is 6.50. The number of benzene rings is 2. The van der Waals surface area contributed by atoms with Crippen molar-refractivity contribution in [3.63, 3.8) is 0 Å². The lowest BCUT2D eigenvalue weighted by Crippen LogP contribution is -2.20. The number of ether oxygens (including phenoxy) is 3. The van der Waals surface area contributed by atoms with Gasteiger partial charge in [-0.3, -0.25) is 4.79 Å². The van der Waals surface area contributed by atoms with Gasteiger partial charge < -0.3 is 19.5 Å². The Bertz CT molecular complexity index is 737. The van der Waals surface area contributed by atoms with Gasteiger partial charge in [-0.1, -0.05) is 15.9 Å². The first kappa shape index (κ1) is 15.7. The number of aryl methyl sites for hydroxylation is 2. The number of halogens is 1. The minimum atomic E-state index is -0.234. The summed E-state index contributed by atoms with van der Waals surface area (Å²) in [5, 5.41) is 2.77. The quantitative estimate of drug-likeness (QED) is 0.879. The van der Waals surface area contributed by atoms with Crippen molar-refractivity contribution in [3.05, 3.63) is 45.9 Å². The number of hydrogen-bond acceptors (Lipinski definition) is 4. The molecule has 120 valence electrons. The maximum Gasteiger partial charge on any atom is 0.262 e. The molecule has 0 unspecified atom stereocenters. The largest absolute Gasteiger partial charge is 0.484 e. The number of hydrogen-bond donors (Lipinski definition) is 1. The van der Waals surface area contributed by atoms with Crippen LogP contribution in [0, 0.1) is 13.8 Å². The highest BCUT2D eigenvalue weighted by Gasteiger charge is 2.14. The average Bonchev–Trinajstić information content (AvgIpc) is 2.98. The molecule has 1 amide bonds. The van der Waals surface area contributed by atoms with Gasteiger partial charge in [0.15, 0.2) is 18.1 Å². The zero-order valence-corrected chi connectivity index (χ0v) is 14.4. The van der Waals surface area contributed by atoms with Gasteiger partial charge in [-0.15, -0.1) is 0 Å². The smallest absolute Gasteiger partial charge is 0.262 e. The van der Waals surface area contributed by atoms with Crippen LogP contribution in [0.4, 0.5) is 5.69 Å². The number of amides is 1. The predicted molar refractivity (Wildman–Crippen MR) is 90.3 cm³/mol. The molecule has 0 bridgehead atoms. The summed E-state index contributed by atoms with van der Waals surface area (Å²) in [4.78, 5) is 12.0. The summed E-state index contributed by atoms with van der Waals surface area (Å²) in [7, 11) is 0. The summed E-state index contributed by atoms with van der Waals surface area (Å²) < 4.78 is 17.1. The topological polar surface area (TPSA) is 56.8 Å². The van der Waals surface area contributed by atoms with Crippen LogP contribution in [0.2, 0.25) is 0 Å². The lowest BCUT2D eigenvalue weighted by atomic mass is 10.1. The van der Waals surface area contributed by atoms with Gasteiger partial charge in [-0.25, -0.2) is 0 Å². The molecule has 1 aliphatic rings. The van der Waals surface area contributed by atoms with Crippen molar-refractivity contribution < 1.29 is 19.0 Å². The van der Waals surface area contributed by atoms with Gasteiger partial charge in [-0.05, 0) is 49.2 Å². The summed E-state index contributed by atoms with van der Waals surface area (Å²) >= 11 is 3.51. The Hall–Kier alpha value is -2.21. The molecular weight excluding hydrogens is 362 g/mol. The van der Waals surface area contributed by atoms with E-state index in [9.17, 15) is 4.79 Å². The first-order chi connectivity index (χ1) is 11.0. The summed E-state index contributed by atoms with van der Waals surface area (Å²) in [5.74, 6) is 1.74. The van der Waals surface area contributed by atoms with Gasteiger partial charge in [0.2, 0.25) is 6.79 Å². The summed E-state index contributed by atoms with van der Waals surface area (Å²) in [6.45, 7) is 4.11. The molecule has 2 aromatic rings. The van der Waals surface area contributed by atoms with E-state index in [1.807, 2.05) is 26.0 Å². The molecule has 1 heterocycles. The van der Waals surface area contributed by atoms with Gasteiger partial charge in [-0.2, -0.15) is 0 Å². The van der Waals surface area contributed by atoms with Gasteiger partial charge >= 0.3 is 0 Å². The normalized spacial score (nSPS) is 12.1. The molecule has 3 rings (SSSR count). The summed E-state index contributed by atoms with van der Waals surface area (Å²) in [6.07, 6.45) is 0. The van der Waals surface area contributed by atoms with Gasteiger partial charge in [0.05, 0.1) is 0 Å². The van der Waals surface area contributed by atoms with E-state index in [-0.39, 0.29) is 19.3 Å². The van der Waals surface area contributed by atoms with E-state index in [4.69, 9.17) is 14.2 Å². The molecule has 0 radical (unpaired) electrons. The Balaban J connectivity index is 1.60. The van der Waals surface area contributed by atoms with E-state index in [0.29, 0.717) is 22.9 Å². The minimum Gasteiger partial charge on any atom is -0.484 e. The van der Waals surface area contributed by atoms with Crippen LogP contribution < -0.4 is 19.5 Å². The van der Waals surface area contributed by atoms with E-state index < -0.39 is 0 Å². The Morgan fingerprint density at radius 2 is 1.87 bits per heavy atom. The van der Waals surface area contributed by atoms with Crippen molar-refractivity contribution in [2.45, 2.75) is 13.8 Å². The standard InChI is InChI=1S/C17H16BrNO4/c1-10-5-13(6-11(2)17(10)18)21-8-16(20)19-12-3-4-14-15(7-12)23-9-22-14/h3-7H,8-9H2,1-2H3,(H,19,20). The highest BCUT2D eigenvalue weighted by Crippen LogP contribution is 2.34. The highest BCUT2D eigenvalue weighted by molar-refractivity contribution is 9.10. The maximum atomic E-state index is 12.0. The first-order valence-corrected chi connectivity index (χ1v) is 7.91. The molecule has 0 spiro atoms. The molecule has 1 N–H and O–H groups in total. The van der Waals surface area contributed by atoms with E-state index in [1.165, 1.54) is 0 Å². The van der Waals surface area contributed by atoms with E-state index in [0.717, 1.165) is 15.6 Å². The third-order valence-electron chi connectivity index (χ3n) is 3.44. The first-order valence-electron chi connectivity index (χ1n) is 7.12. The number of nitrogens with one attached hydrogen (secondary N) is 1. The molecule has 23 heavy (non-hydrogen) atoms. The molecule has 1 aliphatic heterocycles. The van der Waals surface area contributed by atoms with E-state index >= 15 is 0 Å². The third kappa shape index (κ3) is 3.59. The molecular formula is C17H16BrNO4. The Labute approximate surface area is 142 Å². The Kier molecular flexibility index (Phi) is 4.43. The Morgan fingerprint density at radius 3 is 2.61 bits per heavy atom. The van der Waals surface area contributed by atoms with Crippen LogP contribution in [0.25, 0.3) is 0 Å². The number of fused-ring (bicyclic) bond motifs is 1. The molecule has 0 fully saturated rings. The lowest BCUT2D eigenvalue weighted by Gasteiger charge is -2.10. The molecule has 0 saturated carbocycles. The fourth-order valence-corrected chi connectivity index (χ4v) is 2.54. The van der Waals surface area contributed by atoms with Crippen molar-refractivity contribution in [1.29, 1.82) is 0 Å². The number of rotatable bonds is 4. The fraction of sp³-hybridized carbons (Fsp3) is 0.235. The van der Waals surface area contributed by atoms with Crippen LogP contribution in [0.15, 0.2) is 34.8 Å². The molecule has 0 atom stereocenters. The minimum absolute atomic E-state index is 0.0606. The van der Waals surface area contributed by atoms with Crippen molar-refractivity contribution in [3.8, 4) is 17.2 Å². The van der Waals surface area contributed by atoms with Crippen LogP contribution in [0.5, 0.6) is 17.2 Å². The number of carbonyl (C=O) groups is 1. The molecule has 2 aromatic carbocycles. The summed E-state index contributed by atoms with van der Waals surface area (Å²) in [6, 6.07) is 9.05. The SMILES string of the molecule is Cc1cc(OCC(=O)Nc2ccc3c(c2)OCO3)cc(C)c1Br. The van der Waals surface area contributed by atoms with Crippen LogP contribution in [-0.2, 0) is 4.79 Å². The Morgan fingerprint density at radius 1 is 1.17 bits per heavy atom. The summed E-state index contributed by atoms with van der Waals surface area (Å²) in [5.41, 5.74) is 2.78. The van der Waals surface area contributed by atoms with E-state index in [2.05, 4.69) is 21.2 Å². The predicted octanol–water partition coefficient (Wildman–Crippen LogP) is 3.81. The van der Waals surface area contributed by atoms with Crippen molar-refractivity contribution in [2.24, 2.45) is 0 Å². The zero-order chi connectivity index (χ0) is 16.4. The third-order valence-corrected chi connectivity index (χ3v) is 4.69. The van der Waals surface area contributed by atoms with Crippen molar-refractivity contribution in [1.82, 2.24) is 0 Å². The molecule has 5 nitrogen and oxygen atoms in total. The van der Waals surface area contributed by atoms with Crippen molar-refractivity contribution >= 4 is 27.5 Å². The van der Waals surface area contributed by atoms with Crippen LogP contribution in [0.1, 0.15) is 11.1 Å². The average molecular weight is 378 g/mol. The maximum absolute atomic E-state index is 12.0. The number of anilines is 1. The van der Waals surface area contributed by atoms with Crippen LogP contribution in [0.3, 0.4) is 0 Å². The van der Waals surface area contributed by atoms with Crippen LogP contribution in [-0.4, -0.2) is 19.3 Å². The van der Waals surface area contributed by atoms with Crippen LogP contribution >= 0.6 is 15.9 Å². The van der Waals surface area contributed by atoms with E-state index in [1.54, 1.807) is 18.2 Å². The van der Waals surface area contributed by atoms with Gasteiger partial charge in [0.1, 0.15) is 5.75 Å². The highest BCUT2D eigenvalue weighted by atomic mass is 79.9. The fourth-order valence-electron chi connectivity index (χ4n) is 2.31. The van der Waals surface area contributed by atoms with Gasteiger partial charge in [0, 0.05) is 16.2 Å². The molecule has 0 saturated heterocycles. The van der Waals surface area contributed by atoms with Crippen molar-refractivity contribution in [2.75, 3.05) is 18.7 Å².